The third kappa shape index (κ3) is 5.03. The number of para-hydroxylation sites is 1. The molecule has 34 heavy (non-hydrogen) atoms. The van der Waals surface area contributed by atoms with E-state index in [-0.39, 0.29) is 16.4 Å². The molecule has 7 nitrogen and oxygen atoms in total. The Morgan fingerprint density at radius 2 is 1.65 bits per heavy atom. The molecule has 0 bridgehead atoms. The molecule has 0 radical (unpaired) electrons. The molecule has 1 amide bonds. The lowest BCUT2D eigenvalue weighted by Gasteiger charge is -2.34. The summed E-state index contributed by atoms with van der Waals surface area (Å²) in [5, 5.41) is 0. The van der Waals surface area contributed by atoms with E-state index < -0.39 is 22.1 Å². The average molecular weight is 485 g/mol. The van der Waals surface area contributed by atoms with E-state index in [1.807, 2.05) is 24.3 Å². The molecular weight excluding hydrogens is 452 g/mol. The number of fused-ring (bicyclic) bond motifs is 1. The number of rotatable bonds is 5. The quantitative estimate of drug-likeness (QED) is 0.602. The second-order valence-electron chi connectivity index (χ2n) is 9.56. The van der Waals surface area contributed by atoms with Crippen LogP contribution < -0.4 is 4.90 Å². The predicted molar refractivity (Wildman–Crippen MR) is 130 cm³/mol. The van der Waals surface area contributed by atoms with E-state index in [4.69, 9.17) is 4.74 Å². The standard InChI is InChI=1S/C26H32N2O5S/c1-18-15-19(2)17-27(16-18)34(31,32)23-12-10-22(11-13-23)26(30)33-20(3)25(29)28-14-6-8-21-7-4-5-9-24(21)28/h4-5,7,9-13,18-20H,6,8,14-17H2,1-3H3/t18-,19+,20-/m0/s1. The number of aryl methyl sites for hydroxylation is 1. The molecule has 0 aromatic heterocycles. The molecule has 0 aliphatic carbocycles. The number of carbonyl (C=O) groups is 2. The fourth-order valence-corrected chi connectivity index (χ4v) is 6.65. The van der Waals surface area contributed by atoms with Crippen LogP contribution >= 0.6 is 0 Å². The average Bonchev–Trinajstić information content (AvgIpc) is 2.82. The number of anilines is 1. The number of nitrogens with zero attached hydrogens (tertiary/aromatic N) is 2. The predicted octanol–water partition coefficient (Wildman–Crippen LogP) is 3.88. The minimum absolute atomic E-state index is 0.152. The summed E-state index contributed by atoms with van der Waals surface area (Å²) in [5.41, 5.74) is 2.17. The zero-order chi connectivity index (χ0) is 24.5. The van der Waals surface area contributed by atoms with Gasteiger partial charge in [-0.1, -0.05) is 32.0 Å². The van der Waals surface area contributed by atoms with Gasteiger partial charge in [0.2, 0.25) is 10.0 Å². The van der Waals surface area contributed by atoms with Crippen molar-refractivity contribution in [2.45, 2.75) is 51.0 Å². The van der Waals surface area contributed by atoms with Crippen LogP contribution in [0.4, 0.5) is 5.69 Å². The number of esters is 1. The molecule has 3 atom stereocenters. The molecule has 2 heterocycles. The first-order valence-electron chi connectivity index (χ1n) is 11.9. The Morgan fingerprint density at radius 1 is 1.00 bits per heavy atom. The fourth-order valence-electron chi connectivity index (χ4n) is 4.98. The summed E-state index contributed by atoms with van der Waals surface area (Å²) in [6.45, 7) is 7.25. The maximum absolute atomic E-state index is 13.1. The minimum atomic E-state index is -3.63. The second kappa shape index (κ2) is 9.88. The molecule has 0 N–H and O–H groups in total. The first-order chi connectivity index (χ1) is 16.2. The lowest BCUT2D eigenvalue weighted by molar-refractivity contribution is -0.126. The van der Waals surface area contributed by atoms with Crippen molar-refractivity contribution in [3.63, 3.8) is 0 Å². The van der Waals surface area contributed by atoms with Crippen molar-refractivity contribution in [3.8, 4) is 0 Å². The molecule has 2 aromatic rings. The fraction of sp³-hybridized carbons (Fsp3) is 0.462. The van der Waals surface area contributed by atoms with E-state index in [1.54, 1.807) is 11.8 Å². The Balaban J connectivity index is 1.43. The van der Waals surface area contributed by atoms with Crippen LogP contribution in [-0.4, -0.2) is 50.3 Å². The van der Waals surface area contributed by atoms with Crippen molar-refractivity contribution in [1.82, 2.24) is 4.31 Å². The zero-order valence-electron chi connectivity index (χ0n) is 19.9. The van der Waals surface area contributed by atoms with Crippen molar-refractivity contribution >= 4 is 27.6 Å². The van der Waals surface area contributed by atoms with E-state index in [0.717, 1.165) is 30.5 Å². The molecule has 4 rings (SSSR count). The zero-order valence-corrected chi connectivity index (χ0v) is 20.8. The van der Waals surface area contributed by atoms with Crippen LogP contribution in [0.1, 0.15) is 49.5 Å². The molecule has 2 aliphatic rings. The number of benzene rings is 2. The number of piperidine rings is 1. The second-order valence-corrected chi connectivity index (χ2v) is 11.5. The molecule has 2 aliphatic heterocycles. The number of amides is 1. The summed E-state index contributed by atoms with van der Waals surface area (Å²) in [6, 6.07) is 13.5. The topological polar surface area (TPSA) is 84.0 Å². The van der Waals surface area contributed by atoms with Gasteiger partial charge in [0.1, 0.15) is 0 Å². The first kappa shape index (κ1) is 24.4. The lowest BCUT2D eigenvalue weighted by Crippen LogP contribution is -2.42. The summed E-state index contributed by atoms with van der Waals surface area (Å²) in [5.74, 6) is -0.319. The van der Waals surface area contributed by atoms with Crippen LogP contribution in [0.25, 0.3) is 0 Å². The van der Waals surface area contributed by atoms with Crippen molar-refractivity contribution in [3.05, 3.63) is 59.7 Å². The van der Waals surface area contributed by atoms with Crippen LogP contribution in [0.15, 0.2) is 53.4 Å². The number of carbonyl (C=O) groups excluding carboxylic acids is 2. The smallest absolute Gasteiger partial charge is 0.338 e. The van der Waals surface area contributed by atoms with E-state index in [2.05, 4.69) is 13.8 Å². The van der Waals surface area contributed by atoms with Crippen LogP contribution in [-0.2, 0) is 26.0 Å². The lowest BCUT2D eigenvalue weighted by atomic mass is 9.94. The Hall–Kier alpha value is -2.71. The third-order valence-electron chi connectivity index (χ3n) is 6.57. The van der Waals surface area contributed by atoms with Gasteiger partial charge >= 0.3 is 5.97 Å². The minimum Gasteiger partial charge on any atom is -0.449 e. The summed E-state index contributed by atoms with van der Waals surface area (Å²) in [4.78, 5) is 27.5. The number of hydrogen-bond donors (Lipinski definition) is 0. The van der Waals surface area contributed by atoms with Crippen molar-refractivity contribution in [1.29, 1.82) is 0 Å². The first-order valence-corrected chi connectivity index (χ1v) is 13.3. The molecule has 0 spiro atoms. The molecule has 1 saturated heterocycles. The number of ether oxygens (including phenoxy) is 1. The molecule has 1 fully saturated rings. The van der Waals surface area contributed by atoms with Crippen molar-refractivity contribution in [2.75, 3.05) is 24.5 Å². The Labute approximate surface area is 201 Å². The summed E-state index contributed by atoms with van der Waals surface area (Å²) < 4.78 is 33.1. The van der Waals surface area contributed by atoms with Gasteiger partial charge < -0.3 is 9.64 Å². The van der Waals surface area contributed by atoms with E-state index in [9.17, 15) is 18.0 Å². The summed E-state index contributed by atoms with van der Waals surface area (Å²) in [7, 11) is -3.63. The molecule has 182 valence electrons. The maximum atomic E-state index is 13.1. The van der Waals surface area contributed by atoms with Gasteiger partial charge in [0.05, 0.1) is 10.5 Å². The highest BCUT2D eigenvalue weighted by atomic mass is 32.2. The highest BCUT2D eigenvalue weighted by molar-refractivity contribution is 7.89. The van der Waals surface area contributed by atoms with Gasteiger partial charge in [-0.3, -0.25) is 4.79 Å². The monoisotopic (exact) mass is 484 g/mol. The van der Waals surface area contributed by atoms with Gasteiger partial charge in [-0.2, -0.15) is 4.31 Å². The molecule has 0 unspecified atom stereocenters. The van der Waals surface area contributed by atoms with Gasteiger partial charge in [0.25, 0.3) is 5.91 Å². The highest BCUT2D eigenvalue weighted by Gasteiger charge is 2.32. The van der Waals surface area contributed by atoms with E-state index in [0.29, 0.717) is 31.5 Å². The van der Waals surface area contributed by atoms with Gasteiger partial charge in [-0.25, -0.2) is 13.2 Å². The van der Waals surface area contributed by atoms with Crippen molar-refractivity contribution in [2.24, 2.45) is 11.8 Å². The number of hydrogen-bond acceptors (Lipinski definition) is 5. The van der Waals surface area contributed by atoms with Gasteiger partial charge in [-0.05, 0) is 73.9 Å². The SMILES string of the molecule is C[C@@H]1C[C@H](C)CN(S(=O)(=O)c2ccc(C(=O)O[C@@H](C)C(=O)N3CCCc4ccccc43)cc2)C1. The van der Waals surface area contributed by atoms with Gasteiger partial charge in [0.15, 0.2) is 6.10 Å². The Bertz CT molecular complexity index is 1150. The van der Waals surface area contributed by atoms with Crippen molar-refractivity contribution < 1.29 is 22.7 Å². The van der Waals surface area contributed by atoms with Crippen LogP contribution in [0.3, 0.4) is 0 Å². The summed E-state index contributed by atoms with van der Waals surface area (Å²) in [6.07, 6.45) is 1.82. The highest BCUT2D eigenvalue weighted by Crippen LogP contribution is 2.28. The van der Waals surface area contributed by atoms with Crippen LogP contribution in [0.2, 0.25) is 0 Å². The molecule has 0 saturated carbocycles. The summed E-state index contributed by atoms with van der Waals surface area (Å²) >= 11 is 0. The third-order valence-corrected chi connectivity index (χ3v) is 8.42. The van der Waals surface area contributed by atoms with E-state index in [1.165, 1.54) is 28.6 Å². The van der Waals surface area contributed by atoms with Crippen LogP contribution in [0, 0.1) is 11.8 Å². The molecule has 2 aromatic carbocycles. The Kier molecular flexibility index (Phi) is 7.09. The van der Waals surface area contributed by atoms with Gasteiger partial charge in [0, 0.05) is 25.3 Å². The Morgan fingerprint density at radius 3 is 2.32 bits per heavy atom. The molecular formula is C26H32N2O5S. The van der Waals surface area contributed by atoms with Gasteiger partial charge in [-0.15, -0.1) is 0 Å². The normalized spacial score (nSPS) is 22.0. The number of sulfonamides is 1. The van der Waals surface area contributed by atoms with E-state index >= 15 is 0 Å². The largest absolute Gasteiger partial charge is 0.449 e. The maximum Gasteiger partial charge on any atom is 0.338 e. The molecule has 8 heteroatoms. The van der Waals surface area contributed by atoms with Crippen LogP contribution in [0.5, 0.6) is 0 Å².